The van der Waals surface area contributed by atoms with E-state index in [0.29, 0.717) is 15.1 Å². The van der Waals surface area contributed by atoms with Crippen molar-refractivity contribution in [3.05, 3.63) is 68.2 Å². The Bertz CT molecular complexity index is 581. The van der Waals surface area contributed by atoms with Gasteiger partial charge in [0.1, 0.15) is 0 Å². The fourth-order valence-electron chi connectivity index (χ4n) is 1.74. The molecule has 0 heterocycles. The van der Waals surface area contributed by atoms with Gasteiger partial charge in [-0.1, -0.05) is 59.1 Å². The van der Waals surface area contributed by atoms with Gasteiger partial charge in [-0.25, -0.2) is 0 Å². The SMILES string of the molecule is Cc1ccc(C(N)c2cccc(Cl)c2Cl)cc1Cl. The molecule has 0 fully saturated rings. The summed E-state index contributed by atoms with van der Waals surface area (Å²) < 4.78 is 0. The van der Waals surface area contributed by atoms with Gasteiger partial charge >= 0.3 is 0 Å². The zero-order valence-electron chi connectivity index (χ0n) is 9.75. The van der Waals surface area contributed by atoms with E-state index in [4.69, 9.17) is 40.5 Å². The quantitative estimate of drug-likeness (QED) is 0.829. The Hall–Kier alpha value is -0.730. The zero-order valence-corrected chi connectivity index (χ0v) is 12.0. The second-order valence-electron chi connectivity index (χ2n) is 4.13. The van der Waals surface area contributed by atoms with Crippen LogP contribution in [0, 0.1) is 6.92 Å². The molecule has 2 aromatic rings. The van der Waals surface area contributed by atoms with Crippen LogP contribution in [0.15, 0.2) is 36.4 Å². The Morgan fingerprint density at radius 3 is 2.39 bits per heavy atom. The summed E-state index contributed by atoms with van der Waals surface area (Å²) in [4.78, 5) is 0. The molecule has 0 aliphatic carbocycles. The molecule has 1 nitrogen and oxygen atoms in total. The number of hydrogen-bond acceptors (Lipinski definition) is 1. The van der Waals surface area contributed by atoms with Crippen molar-refractivity contribution >= 4 is 34.8 Å². The fraction of sp³-hybridized carbons (Fsp3) is 0.143. The number of rotatable bonds is 2. The first-order valence-corrected chi connectivity index (χ1v) is 6.59. The predicted octanol–water partition coefficient (Wildman–Crippen LogP) is 5.00. The van der Waals surface area contributed by atoms with Crippen molar-refractivity contribution in [1.82, 2.24) is 0 Å². The smallest absolute Gasteiger partial charge is 0.0643 e. The van der Waals surface area contributed by atoms with Gasteiger partial charge in [0.25, 0.3) is 0 Å². The Labute approximate surface area is 121 Å². The van der Waals surface area contributed by atoms with E-state index in [-0.39, 0.29) is 6.04 Å². The number of hydrogen-bond donors (Lipinski definition) is 1. The molecule has 1 atom stereocenters. The van der Waals surface area contributed by atoms with Gasteiger partial charge in [0, 0.05) is 5.02 Å². The first-order chi connectivity index (χ1) is 8.50. The molecule has 0 amide bonds. The maximum atomic E-state index is 6.20. The standard InChI is InChI=1S/C14H12Cl3N/c1-8-5-6-9(7-12(8)16)14(18)10-3-2-4-11(15)13(10)17/h2-7,14H,18H2,1H3. The molecule has 18 heavy (non-hydrogen) atoms. The normalized spacial score (nSPS) is 12.5. The molecule has 0 bridgehead atoms. The van der Waals surface area contributed by atoms with E-state index in [9.17, 15) is 0 Å². The van der Waals surface area contributed by atoms with Crippen LogP contribution < -0.4 is 5.73 Å². The first kappa shape index (κ1) is 13.7. The van der Waals surface area contributed by atoms with E-state index < -0.39 is 0 Å². The number of benzene rings is 2. The van der Waals surface area contributed by atoms with Crippen molar-refractivity contribution in [3.63, 3.8) is 0 Å². The highest BCUT2D eigenvalue weighted by Gasteiger charge is 2.14. The van der Waals surface area contributed by atoms with Crippen LogP contribution in [0.2, 0.25) is 15.1 Å². The van der Waals surface area contributed by atoms with Crippen molar-refractivity contribution in [2.45, 2.75) is 13.0 Å². The highest BCUT2D eigenvalue weighted by molar-refractivity contribution is 6.42. The third kappa shape index (κ3) is 2.65. The lowest BCUT2D eigenvalue weighted by atomic mass is 9.98. The molecule has 0 spiro atoms. The Morgan fingerprint density at radius 2 is 1.72 bits per heavy atom. The highest BCUT2D eigenvalue weighted by atomic mass is 35.5. The van der Waals surface area contributed by atoms with Crippen molar-refractivity contribution in [1.29, 1.82) is 0 Å². The number of halogens is 3. The predicted molar refractivity (Wildman–Crippen MR) is 78.7 cm³/mol. The summed E-state index contributed by atoms with van der Waals surface area (Å²) in [5.41, 5.74) is 8.93. The van der Waals surface area contributed by atoms with Gasteiger partial charge in [0.15, 0.2) is 0 Å². The van der Waals surface area contributed by atoms with E-state index >= 15 is 0 Å². The van der Waals surface area contributed by atoms with Crippen LogP contribution >= 0.6 is 34.8 Å². The lowest BCUT2D eigenvalue weighted by Crippen LogP contribution is -2.12. The van der Waals surface area contributed by atoms with Gasteiger partial charge in [-0.3, -0.25) is 0 Å². The topological polar surface area (TPSA) is 26.0 Å². The Kier molecular flexibility index (Phi) is 4.18. The molecule has 2 aromatic carbocycles. The maximum Gasteiger partial charge on any atom is 0.0643 e. The molecule has 1 unspecified atom stereocenters. The molecular formula is C14H12Cl3N. The lowest BCUT2D eigenvalue weighted by Gasteiger charge is -2.15. The van der Waals surface area contributed by atoms with Crippen molar-refractivity contribution < 1.29 is 0 Å². The molecule has 0 aromatic heterocycles. The average Bonchev–Trinajstić information content (AvgIpc) is 2.35. The van der Waals surface area contributed by atoms with Gasteiger partial charge < -0.3 is 5.73 Å². The zero-order chi connectivity index (χ0) is 13.3. The minimum Gasteiger partial charge on any atom is -0.320 e. The van der Waals surface area contributed by atoms with E-state index in [1.54, 1.807) is 6.07 Å². The summed E-state index contributed by atoms with van der Waals surface area (Å²) in [6.45, 7) is 1.95. The van der Waals surface area contributed by atoms with Gasteiger partial charge in [-0.2, -0.15) is 0 Å². The molecular weight excluding hydrogens is 289 g/mol. The monoisotopic (exact) mass is 299 g/mol. The average molecular weight is 301 g/mol. The Balaban J connectivity index is 2.44. The van der Waals surface area contributed by atoms with Crippen LogP contribution in [0.4, 0.5) is 0 Å². The molecule has 0 saturated heterocycles. The van der Waals surface area contributed by atoms with Gasteiger partial charge in [0.05, 0.1) is 16.1 Å². The molecule has 0 aliphatic heterocycles. The second kappa shape index (κ2) is 5.50. The summed E-state index contributed by atoms with van der Waals surface area (Å²) in [6.07, 6.45) is 0. The van der Waals surface area contributed by atoms with Gasteiger partial charge in [0.2, 0.25) is 0 Å². The minimum atomic E-state index is -0.339. The van der Waals surface area contributed by atoms with E-state index in [2.05, 4.69) is 0 Å². The summed E-state index contributed by atoms with van der Waals surface area (Å²) >= 11 is 18.3. The third-order valence-electron chi connectivity index (χ3n) is 2.87. The molecule has 0 saturated carbocycles. The van der Waals surface area contributed by atoms with Crippen LogP contribution in [0.1, 0.15) is 22.7 Å². The van der Waals surface area contributed by atoms with Crippen LogP contribution in [-0.2, 0) is 0 Å². The number of aryl methyl sites for hydroxylation is 1. The van der Waals surface area contributed by atoms with Crippen molar-refractivity contribution in [2.24, 2.45) is 5.73 Å². The van der Waals surface area contributed by atoms with Crippen molar-refractivity contribution in [2.75, 3.05) is 0 Å². The highest BCUT2D eigenvalue weighted by Crippen LogP contribution is 2.32. The third-order valence-corrected chi connectivity index (χ3v) is 4.11. The van der Waals surface area contributed by atoms with E-state index in [1.807, 2.05) is 37.3 Å². The van der Waals surface area contributed by atoms with Crippen LogP contribution in [0.3, 0.4) is 0 Å². The van der Waals surface area contributed by atoms with Crippen LogP contribution in [0.5, 0.6) is 0 Å². The summed E-state index contributed by atoms with van der Waals surface area (Å²) in [6, 6.07) is 10.8. The molecule has 0 radical (unpaired) electrons. The minimum absolute atomic E-state index is 0.339. The number of nitrogens with two attached hydrogens (primary N) is 1. The molecule has 0 aliphatic rings. The fourth-order valence-corrected chi connectivity index (χ4v) is 2.36. The van der Waals surface area contributed by atoms with Crippen LogP contribution in [0.25, 0.3) is 0 Å². The van der Waals surface area contributed by atoms with E-state index in [1.165, 1.54) is 0 Å². The van der Waals surface area contributed by atoms with Crippen molar-refractivity contribution in [3.8, 4) is 0 Å². The lowest BCUT2D eigenvalue weighted by molar-refractivity contribution is 0.871. The van der Waals surface area contributed by atoms with Gasteiger partial charge in [-0.05, 0) is 35.7 Å². The van der Waals surface area contributed by atoms with E-state index in [0.717, 1.165) is 16.7 Å². The van der Waals surface area contributed by atoms with Crippen LogP contribution in [-0.4, -0.2) is 0 Å². The molecule has 94 valence electrons. The van der Waals surface area contributed by atoms with Gasteiger partial charge in [-0.15, -0.1) is 0 Å². The first-order valence-electron chi connectivity index (χ1n) is 5.46. The molecule has 4 heteroatoms. The summed E-state index contributed by atoms with van der Waals surface area (Å²) in [7, 11) is 0. The second-order valence-corrected chi connectivity index (χ2v) is 5.32. The maximum absolute atomic E-state index is 6.20. The Morgan fingerprint density at radius 1 is 1.00 bits per heavy atom. The largest absolute Gasteiger partial charge is 0.320 e. The summed E-state index contributed by atoms with van der Waals surface area (Å²) in [5, 5.41) is 1.69. The molecule has 2 N–H and O–H groups in total. The molecule has 2 rings (SSSR count). The summed E-state index contributed by atoms with van der Waals surface area (Å²) in [5.74, 6) is 0.